The van der Waals surface area contributed by atoms with Crippen LogP contribution in [0.2, 0.25) is 0 Å². The van der Waals surface area contributed by atoms with E-state index in [1.54, 1.807) is 18.2 Å². The van der Waals surface area contributed by atoms with Crippen molar-refractivity contribution in [1.82, 2.24) is 0 Å². The molecule has 0 unspecified atom stereocenters. The summed E-state index contributed by atoms with van der Waals surface area (Å²) in [4.78, 5) is 34.3. The summed E-state index contributed by atoms with van der Waals surface area (Å²) in [5, 5.41) is 13.3. The number of methoxy groups -OCH3 is 3. The van der Waals surface area contributed by atoms with Crippen molar-refractivity contribution in [1.29, 1.82) is 0 Å². The van der Waals surface area contributed by atoms with Crippen LogP contribution >= 0.6 is 0 Å². The SMILES string of the molecule is COc1ccc(OC)c(C=CC(=O)OCC(=O)Nc2cc([N+](=O)[O-])ccc2OC)c1. The maximum Gasteiger partial charge on any atom is 0.331 e. The normalized spacial score (nSPS) is 10.4. The fraction of sp³-hybridized carbons (Fsp3) is 0.200. The van der Waals surface area contributed by atoms with Crippen LogP contribution in [0, 0.1) is 10.1 Å². The maximum absolute atomic E-state index is 12.1. The maximum atomic E-state index is 12.1. The Labute approximate surface area is 172 Å². The number of amides is 1. The molecule has 30 heavy (non-hydrogen) atoms. The van der Waals surface area contributed by atoms with Crippen LogP contribution in [0.1, 0.15) is 5.56 Å². The Morgan fingerprint density at radius 3 is 2.37 bits per heavy atom. The molecular weight excluding hydrogens is 396 g/mol. The number of nitrogens with one attached hydrogen (secondary N) is 1. The zero-order valence-electron chi connectivity index (χ0n) is 16.5. The number of carbonyl (C=O) groups excluding carboxylic acids is 2. The minimum absolute atomic E-state index is 0.0874. The molecule has 0 heterocycles. The summed E-state index contributed by atoms with van der Waals surface area (Å²) in [6.07, 6.45) is 2.60. The highest BCUT2D eigenvalue weighted by Crippen LogP contribution is 2.29. The predicted octanol–water partition coefficient (Wildman–Crippen LogP) is 2.82. The van der Waals surface area contributed by atoms with Crippen LogP contribution < -0.4 is 19.5 Å². The quantitative estimate of drug-likeness (QED) is 0.286. The van der Waals surface area contributed by atoms with Gasteiger partial charge in [-0.25, -0.2) is 4.79 Å². The lowest BCUT2D eigenvalue weighted by Crippen LogP contribution is -2.20. The number of nitrogens with zero attached hydrogens (tertiary/aromatic N) is 1. The smallest absolute Gasteiger partial charge is 0.331 e. The second kappa shape index (κ2) is 10.5. The fourth-order valence-electron chi connectivity index (χ4n) is 2.41. The van der Waals surface area contributed by atoms with Gasteiger partial charge < -0.3 is 24.3 Å². The van der Waals surface area contributed by atoms with Crippen LogP contribution in [-0.4, -0.2) is 44.7 Å². The number of benzene rings is 2. The van der Waals surface area contributed by atoms with Crippen molar-refractivity contribution in [3.8, 4) is 17.2 Å². The first kappa shape index (κ1) is 22.2. The highest BCUT2D eigenvalue weighted by atomic mass is 16.6. The highest BCUT2D eigenvalue weighted by molar-refractivity contribution is 5.96. The second-order valence-corrected chi connectivity index (χ2v) is 5.74. The van der Waals surface area contributed by atoms with E-state index in [9.17, 15) is 19.7 Å². The first-order chi connectivity index (χ1) is 14.4. The Kier molecular flexibility index (Phi) is 7.74. The van der Waals surface area contributed by atoms with Gasteiger partial charge in [-0.3, -0.25) is 14.9 Å². The van der Waals surface area contributed by atoms with Crippen molar-refractivity contribution in [3.63, 3.8) is 0 Å². The molecule has 0 bridgehead atoms. The molecule has 0 aromatic heterocycles. The van der Waals surface area contributed by atoms with Gasteiger partial charge in [0, 0.05) is 23.8 Å². The third-order valence-electron chi connectivity index (χ3n) is 3.85. The van der Waals surface area contributed by atoms with Crippen molar-refractivity contribution >= 4 is 29.3 Å². The molecule has 1 N–H and O–H groups in total. The minimum Gasteiger partial charge on any atom is -0.497 e. The summed E-state index contributed by atoms with van der Waals surface area (Å²) in [6.45, 7) is -0.593. The molecular formula is C20H20N2O8. The van der Waals surface area contributed by atoms with Crippen molar-refractivity contribution in [3.05, 3.63) is 58.2 Å². The van der Waals surface area contributed by atoms with Gasteiger partial charge in [0.15, 0.2) is 6.61 Å². The molecule has 0 atom stereocenters. The van der Waals surface area contributed by atoms with E-state index in [-0.39, 0.29) is 17.1 Å². The zero-order chi connectivity index (χ0) is 22.1. The summed E-state index contributed by atoms with van der Waals surface area (Å²) < 4.78 is 20.3. The fourth-order valence-corrected chi connectivity index (χ4v) is 2.41. The molecule has 10 heteroatoms. The molecule has 1 amide bonds. The standard InChI is InChI=1S/C20H20N2O8/c1-27-15-6-8-17(28-2)13(10-15)4-9-20(24)30-12-19(23)21-16-11-14(22(25)26)5-7-18(16)29-3/h4-11H,12H2,1-3H3,(H,21,23). The molecule has 0 aliphatic rings. The number of ether oxygens (including phenoxy) is 4. The molecule has 0 spiro atoms. The van der Waals surface area contributed by atoms with Crippen LogP contribution in [0.5, 0.6) is 17.2 Å². The van der Waals surface area contributed by atoms with E-state index >= 15 is 0 Å². The Morgan fingerprint density at radius 2 is 1.73 bits per heavy atom. The Morgan fingerprint density at radius 1 is 1.03 bits per heavy atom. The third kappa shape index (κ3) is 5.96. The van der Waals surface area contributed by atoms with Crippen LogP contribution in [0.3, 0.4) is 0 Å². The van der Waals surface area contributed by atoms with Crippen molar-refractivity contribution in [2.75, 3.05) is 33.3 Å². The van der Waals surface area contributed by atoms with Gasteiger partial charge >= 0.3 is 5.97 Å². The van der Waals surface area contributed by atoms with E-state index < -0.39 is 23.4 Å². The molecule has 158 valence electrons. The average molecular weight is 416 g/mol. The van der Waals surface area contributed by atoms with E-state index in [0.717, 1.165) is 12.1 Å². The lowest BCUT2D eigenvalue weighted by molar-refractivity contribution is -0.384. The molecule has 10 nitrogen and oxygen atoms in total. The molecule has 0 radical (unpaired) electrons. The highest BCUT2D eigenvalue weighted by Gasteiger charge is 2.14. The number of non-ortho nitro benzene ring substituents is 1. The van der Waals surface area contributed by atoms with Gasteiger partial charge in [0.2, 0.25) is 0 Å². The van der Waals surface area contributed by atoms with Gasteiger partial charge in [-0.2, -0.15) is 0 Å². The van der Waals surface area contributed by atoms with Crippen LogP contribution in [0.25, 0.3) is 6.08 Å². The van der Waals surface area contributed by atoms with Gasteiger partial charge in [-0.05, 0) is 30.3 Å². The van der Waals surface area contributed by atoms with Crippen LogP contribution in [0.4, 0.5) is 11.4 Å². The summed E-state index contributed by atoms with van der Waals surface area (Å²) in [5.41, 5.74) is 0.447. The molecule has 0 aliphatic carbocycles. The van der Waals surface area contributed by atoms with Crippen LogP contribution in [-0.2, 0) is 14.3 Å². The molecule has 0 saturated heterocycles. The molecule has 0 aliphatic heterocycles. The number of carbonyl (C=O) groups is 2. The van der Waals surface area contributed by atoms with E-state index in [2.05, 4.69) is 5.32 Å². The molecule has 0 fully saturated rings. The Balaban J connectivity index is 1.99. The Hall–Kier alpha value is -4.08. The number of nitro groups is 1. The van der Waals surface area contributed by atoms with Crippen LogP contribution in [0.15, 0.2) is 42.5 Å². The van der Waals surface area contributed by atoms with Crippen molar-refractivity contribution in [2.24, 2.45) is 0 Å². The largest absolute Gasteiger partial charge is 0.497 e. The van der Waals surface area contributed by atoms with E-state index in [1.807, 2.05) is 0 Å². The predicted molar refractivity (Wildman–Crippen MR) is 108 cm³/mol. The lowest BCUT2D eigenvalue weighted by atomic mass is 10.1. The third-order valence-corrected chi connectivity index (χ3v) is 3.85. The first-order valence-corrected chi connectivity index (χ1v) is 8.57. The van der Waals surface area contributed by atoms with Gasteiger partial charge in [0.25, 0.3) is 11.6 Å². The number of hydrogen-bond donors (Lipinski definition) is 1. The number of anilines is 1. The van der Waals surface area contributed by atoms with Gasteiger partial charge in [-0.1, -0.05) is 0 Å². The number of rotatable bonds is 9. The van der Waals surface area contributed by atoms with E-state index in [4.69, 9.17) is 18.9 Å². The van der Waals surface area contributed by atoms with Gasteiger partial charge in [0.05, 0.1) is 31.9 Å². The molecule has 2 aromatic rings. The zero-order valence-corrected chi connectivity index (χ0v) is 16.5. The van der Waals surface area contributed by atoms with Gasteiger partial charge in [-0.15, -0.1) is 0 Å². The topological polar surface area (TPSA) is 126 Å². The molecule has 2 aromatic carbocycles. The Bertz CT molecular complexity index is 971. The number of nitro benzene ring substituents is 1. The lowest BCUT2D eigenvalue weighted by Gasteiger charge is -2.10. The van der Waals surface area contributed by atoms with E-state index in [0.29, 0.717) is 17.1 Å². The summed E-state index contributed by atoms with van der Waals surface area (Å²) in [6, 6.07) is 8.80. The summed E-state index contributed by atoms with van der Waals surface area (Å²) in [5.74, 6) is -0.120. The van der Waals surface area contributed by atoms with Crippen molar-refractivity contribution < 1.29 is 33.5 Å². The second-order valence-electron chi connectivity index (χ2n) is 5.74. The first-order valence-electron chi connectivity index (χ1n) is 8.57. The summed E-state index contributed by atoms with van der Waals surface area (Å²) >= 11 is 0. The number of hydrogen-bond acceptors (Lipinski definition) is 8. The van der Waals surface area contributed by atoms with E-state index in [1.165, 1.54) is 39.5 Å². The molecule has 0 saturated carbocycles. The average Bonchev–Trinajstić information content (AvgIpc) is 2.75. The monoisotopic (exact) mass is 416 g/mol. The molecule has 2 rings (SSSR count). The van der Waals surface area contributed by atoms with Crippen molar-refractivity contribution in [2.45, 2.75) is 0 Å². The minimum atomic E-state index is -0.763. The van der Waals surface area contributed by atoms with Gasteiger partial charge in [0.1, 0.15) is 17.2 Å². The number of esters is 1. The summed E-state index contributed by atoms with van der Waals surface area (Å²) in [7, 11) is 4.36.